The number of hydrogen-bond donors (Lipinski definition) is 1. The lowest BCUT2D eigenvalue weighted by Crippen LogP contribution is -2.42. The van der Waals surface area contributed by atoms with Crippen LogP contribution in [0.4, 0.5) is 11.4 Å². The van der Waals surface area contributed by atoms with Gasteiger partial charge in [-0.1, -0.05) is 48.5 Å². The third-order valence-electron chi connectivity index (χ3n) is 6.37. The number of nitrogens with zero attached hydrogens (tertiary/aromatic N) is 2. The summed E-state index contributed by atoms with van der Waals surface area (Å²) in [4.78, 5) is 15.4. The molecule has 0 saturated carbocycles. The number of para-hydroxylation sites is 1. The number of benzene rings is 3. The number of anilines is 2. The van der Waals surface area contributed by atoms with E-state index >= 15 is 0 Å². The Balaban J connectivity index is 1.43. The number of carbonyl (C=O) groups excluding carboxylic acids is 1. The molecule has 1 N–H and O–H groups in total. The van der Waals surface area contributed by atoms with Crippen LogP contribution in [0.5, 0.6) is 0 Å². The van der Waals surface area contributed by atoms with Crippen LogP contribution < -0.4 is 14.5 Å². The van der Waals surface area contributed by atoms with E-state index in [1.807, 2.05) is 32.0 Å². The SMILES string of the molecule is Cc1cccc(N(CC(=O)NCCCN2CCc3ccccc32)S(=O)(=O)c2ccccc2)c1C. The summed E-state index contributed by atoms with van der Waals surface area (Å²) in [5.41, 5.74) is 4.96. The van der Waals surface area contributed by atoms with Crippen molar-refractivity contribution in [1.82, 2.24) is 5.32 Å². The minimum Gasteiger partial charge on any atom is -0.371 e. The fourth-order valence-electron chi connectivity index (χ4n) is 4.35. The smallest absolute Gasteiger partial charge is 0.264 e. The summed E-state index contributed by atoms with van der Waals surface area (Å²) in [5, 5.41) is 2.92. The van der Waals surface area contributed by atoms with Crippen molar-refractivity contribution in [3.63, 3.8) is 0 Å². The maximum atomic E-state index is 13.5. The van der Waals surface area contributed by atoms with Gasteiger partial charge in [0, 0.05) is 25.3 Å². The molecule has 6 nitrogen and oxygen atoms in total. The van der Waals surface area contributed by atoms with E-state index in [0.29, 0.717) is 12.2 Å². The van der Waals surface area contributed by atoms with Crippen molar-refractivity contribution >= 4 is 27.3 Å². The minimum absolute atomic E-state index is 0.163. The first-order chi connectivity index (χ1) is 16.4. The molecule has 0 aliphatic carbocycles. The first-order valence-corrected chi connectivity index (χ1v) is 13.1. The van der Waals surface area contributed by atoms with E-state index in [2.05, 4.69) is 28.4 Å². The Kier molecular flexibility index (Phi) is 7.22. The van der Waals surface area contributed by atoms with Crippen LogP contribution in [0.1, 0.15) is 23.1 Å². The Hall–Kier alpha value is -3.32. The highest BCUT2D eigenvalue weighted by Gasteiger charge is 2.28. The molecule has 0 aromatic heterocycles. The van der Waals surface area contributed by atoms with Crippen LogP contribution in [0.2, 0.25) is 0 Å². The molecule has 1 heterocycles. The van der Waals surface area contributed by atoms with Gasteiger partial charge in [-0.05, 0) is 67.6 Å². The number of aryl methyl sites for hydroxylation is 1. The van der Waals surface area contributed by atoms with Crippen molar-refractivity contribution in [3.05, 3.63) is 89.5 Å². The van der Waals surface area contributed by atoms with Gasteiger partial charge in [-0.15, -0.1) is 0 Å². The molecule has 7 heteroatoms. The van der Waals surface area contributed by atoms with Crippen molar-refractivity contribution in [2.24, 2.45) is 0 Å². The molecule has 0 saturated heterocycles. The van der Waals surface area contributed by atoms with E-state index in [1.165, 1.54) is 15.6 Å². The lowest BCUT2D eigenvalue weighted by Gasteiger charge is -2.26. The zero-order chi connectivity index (χ0) is 24.1. The summed E-state index contributed by atoms with van der Waals surface area (Å²) >= 11 is 0. The van der Waals surface area contributed by atoms with Crippen molar-refractivity contribution < 1.29 is 13.2 Å². The van der Waals surface area contributed by atoms with Crippen molar-refractivity contribution in [3.8, 4) is 0 Å². The third-order valence-corrected chi connectivity index (χ3v) is 8.15. The second-order valence-corrected chi connectivity index (χ2v) is 10.5. The molecule has 0 fully saturated rings. The molecular formula is C27H31N3O3S. The highest BCUT2D eigenvalue weighted by Crippen LogP contribution is 2.29. The maximum Gasteiger partial charge on any atom is 0.264 e. The molecule has 3 aromatic rings. The molecule has 3 aromatic carbocycles. The highest BCUT2D eigenvalue weighted by atomic mass is 32.2. The molecule has 34 heavy (non-hydrogen) atoms. The van der Waals surface area contributed by atoms with Crippen LogP contribution in [0.3, 0.4) is 0 Å². The maximum absolute atomic E-state index is 13.5. The van der Waals surface area contributed by atoms with Crippen LogP contribution >= 0.6 is 0 Å². The Labute approximate surface area is 202 Å². The molecule has 0 atom stereocenters. The van der Waals surface area contributed by atoms with E-state index in [1.54, 1.807) is 36.4 Å². The topological polar surface area (TPSA) is 69.7 Å². The molecule has 0 radical (unpaired) electrons. The molecule has 0 bridgehead atoms. The van der Waals surface area contributed by atoms with Crippen LogP contribution in [0.15, 0.2) is 77.7 Å². The summed E-state index contributed by atoms with van der Waals surface area (Å²) < 4.78 is 28.2. The molecule has 0 unspecified atom stereocenters. The number of sulfonamides is 1. The molecule has 178 valence electrons. The number of amides is 1. The predicted octanol–water partition coefficient (Wildman–Crippen LogP) is 4.07. The quantitative estimate of drug-likeness (QED) is 0.472. The minimum atomic E-state index is -3.90. The number of hydrogen-bond acceptors (Lipinski definition) is 4. The van der Waals surface area contributed by atoms with Crippen LogP contribution in [-0.2, 0) is 21.2 Å². The predicted molar refractivity (Wildman–Crippen MR) is 137 cm³/mol. The summed E-state index contributed by atoms with van der Waals surface area (Å²) in [6.45, 7) is 5.87. The summed E-state index contributed by atoms with van der Waals surface area (Å²) in [7, 11) is -3.90. The van der Waals surface area contributed by atoms with Crippen molar-refractivity contribution in [1.29, 1.82) is 0 Å². The van der Waals surface area contributed by atoms with Gasteiger partial charge in [-0.2, -0.15) is 0 Å². The molecule has 1 aliphatic rings. The second-order valence-electron chi connectivity index (χ2n) is 8.61. The van der Waals surface area contributed by atoms with Gasteiger partial charge in [0.2, 0.25) is 5.91 Å². The summed E-state index contributed by atoms with van der Waals surface area (Å²) in [5.74, 6) is -0.317. The zero-order valence-corrected chi connectivity index (χ0v) is 20.5. The van der Waals surface area contributed by atoms with Gasteiger partial charge < -0.3 is 10.2 Å². The number of rotatable bonds is 9. The van der Waals surface area contributed by atoms with E-state index < -0.39 is 10.0 Å². The van der Waals surface area contributed by atoms with Gasteiger partial charge in [-0.3, -0.25) is 9.10 Å². The monoisotopic (exact) mass is 477 g/mol. The van der Waals surface area contributed by atoms with Gasteiger partial charge in [0.25, 0.3) is 10.0 Å². The lowest BCUT2D eigenvalue weighted by atomic mass is 10.1. The molecular weight excluding hydrogens is 446 g/mol. The third kappa shape index (κ3) is 5.09. The fraction of sp³-hybridized carbons (Fsp3) is 0.296. The van der Waals surface area contributed by atoms with Crippen LogP contribution in [0.25, 0.3) is 0 Å². The van der Waals surface area contributed by atoms with E-state index in [9.17, 15) is 13.2 Å². The normalized spacial score (nSPS) is 12.9. The standard InChI is InChI=1S/C27H31N3O3S/c1-21-10-8-15-25(22(21)2)30(34(32,33)24-12-4-3-5-13-24)20-27(31)28-17-9-18-29-19-16-23-11-6-7-14-26(23)29/h3-8,10-15H,9,16-20H2,1-2H3,(H,28,31). The molecule has 0 spiro atoms. The Morgan fingerprint density at radius 3 is 2.50 bits per heavy atom. The zero-order valence-electron chi connectivity index (χ0n) is 19.7. The molecule has 4 rings (SSSR count). The average Bonchev–Trinajstić information content (AvgIpc) is 3.26. The van der Waals surface area contributed by atoms with Gasteiger partial charge in [0.15, 0.2) is 0 Å². The second kappa shape index (κ2) is 10.3. The Morgan fingerprint density at radius 2 is 1.71 bits per heavy atom. The number of carbonyl (C=O) groups is 1. The van der Waals surface area contributed by atoms with Gasteiger partial charge >= 0.3 is 0 Å². The Morgan fingerprint density at radius 1 is 0.971 bits per heavy atom. The number of fused-ring (bicyclic) bond motifs is 1. The van der Waals surface area contributed by atoms with Crippen molar-refractivity contribution in [2.45, 2.75) is 31.6 Å². The summed E-state index contributed by atoms with van der Waals surface area (Å²) in [6, 6.07) is 22.2. The number of nitrogens with one attached hydrogen (secondary N) is 1. The van der Waals surface area contributed by atoms with E-state index in [4.69, 9.17) is 0 Å². The van der Waals surface area contributed by atoms with Crippen LogP contribution in [0, 0.1) is 13.8 Å². The van der Waals surface area contributed by atoms with E-state index in [0.717, 1.165) is 37.1 Å². The fourth-order valence-corrected chi connectivity index (χ4v) is 5.85. The first-order valence-electron chi connectivity index (χ1n) is 11.6. The van der Waals surface area contributed by atoms with E-state index in [-0.39, 0.29) is 17.3 Å². The lowest BCUT2D eigenvalue weighted by molar-refractivity contribution is -0.119. The average molecular weight is 478 g/mol. The Bertz CT molecular complexity index is 1260. The molecule has 1 amide bonds. The van der Waals surface area contributed by atoms with Crippen LogP contribution in [-0.4, -0.2) is 40.5 Å². The van der Waals surface area contributed by atoms with Gasteiger partial charge in [-0.25, -0.2) is 8.42 Å². The molecule has 1 aliphatic heterocycles. The highest BCUT2D eigenvalue weighted by molar-refractivity contribution is 7.92. The van der Waals surface area contributed by atoms with Gasteiger partial charge in [0.1, 0.15) is 6.54 Å². The van der Waals surface area contributed by atoms with Gasteiger partial charge in [0.05, 0.1) is 10.6 Å². The largest absolute Gasteiger partial charge is 0.371 e. The first kappa shape index (κ1) is 23.8. The van der Waals surface area contributed by atoms with Crippen molar-refractivity contribution in [2.75, 3.05) is 35.4 Å². The summed E-state index contributed by atoms with van der Waals surface area (Å²) in [6.07, 6.45) is 1.83.